The lowest BCUT2D eigenvalue weighted by atomic mass is 9.69. The van der Waals surface area contributed by atoms with Crippen LogP contribution in [0, 0.1) is 23.0 Å². The SMILES string of the molecule is CC(C)(C)C1CCC2(CC1)N=C(c1cc(F)ccc1F)C(=O)N2CCc1ccc(C(=O)NCCC(=O)O)cc1. The molecule has 0 radical (unpaired) electrons. The highest BCUT2D eigenvalue weighted by Crippen LogP contribution is 2.46. The van der Waals surface area contributed by atoms with Crippen molar-refractivity contribution in [1.29, 1.82) is 0 Å². The minimum absolute atomic E-state index is 0.0328. The summed E-state index contributed by atoms with van der Waals surface area (Å²) >= 11 is 0. The summed E-state index contributed by atoms with van der Waals surface area (Å²) < 4.78 is 28.7. The standard InChI is InChI=1S/C30H35F2N3O4/c1-29(2,3)21-10-14-30(15-11-21)34-26(23-18-22(31)8-9-24(23)32)28(39)35(30)17-13-19-4-6-20(7-5-19)27(38)33-16-12-25(36)37/h4-9,18,21H,10-17H2,1-3H3,(H,33,38)(H,36,37). The summed E-state index contributed by atoms with van der Waals surface area (Å²) in [6.07, 6.45) is 3.39. The molecule has 2 N–H and O–H groups in total. The first-order chi connectivity index (χ1) is 18.4. The second kappa shape index (κ2) is 11.2. The van der Waals surface area contributed by atoms with Crippen molar-refractivity contribution in [2.24, 2.45) is 16.3 Å². The normalized spacial score (nSPS) is 21.3. The van der Waals surface area contributed by atoms with E-state index in [1.165, 1.54) is 0 Å². The van der Waals surface area contributed by atoms with Gasteiger partial charge in [-0.3, -0.25) is 19.4 Å². The molecule has 1 fully saturated rings. The van der Waals surface area contributed by atoms with Gasteiger partial charge in [-0.1, -0.05) is 32.9 Å². The molecule has 1 spiro atoms. The molecule has 2 amide bonds. The van der Waals surface area contributed by atoms with E-state index in [-0.39, 0.29) is 35.6 Å². The third kappa shape index (κ3) is 6.34. The Balaban J connectivity index is 1.52. The summed E-state index contributed by atoms with van der Waals surface area (Å²) in [6.45, 7) is 7.01. The Bertz CT molecular complexity index is 1280. The minimum atomic E-state index is -0.987. The number of carboxylic acids is 1. The van der Waals surface area contributed by atoms with Crippen molar-refractivity contribution in [2.75, 3.05) is 13.1 Å². The van der Waals surface area contributed by atoms with E-state index in [1.807, 2.05) is 0 Å². The van der Waals surface area contributed by atoms with Crippen LogP contribution in [0.15, 0.2) is 47.5 Å². The van der Waals surface area contributed by atoms with Crippen molar-refractivity contribution in [3.05, 3.63) is 70.8 Å². The predicted octanol–water partition coefficient (Wildman–Crippen LogP) is 4.98. The first kappa shape index (κ1) is 28.4. The van der Waals surface area contributed by atoms with Gasteiger partial charge in [-0.25, -0.2) is 8.78 Å². The van der Waals surface area contributed by atoms with Gasteiger partial charge in [-0.15, -0.1) is 0 Å². The van der Waals surface area contributed by atoms with E-state index in [1.54, 1.807) is 29.2 Å². The van der Waals surface area contributed by atoms with Gasteiger partial charge in [0.05, 0.1) is 6.42 Å². The number of rotatable bonds is 8. The largest absolute Gasteiger partial charge is 0.481 e. The smallest absolute Gasteiger partial charge is 0.305 e. The first-order valence-electron chi connectivity index (χ1n) is 13.4. The van der Waals surface area contributed by atoms with Crippen molar-refractivity contribution in [3.63, 3.8) is 0 Å². The van der Waals surface area contributed by atoms with Gasteiger partial charge in [0, 0.05) is 24.2 Å². The number of nitrogens with zero attached hydrogens (tertiary/aromatic N) is 2. The van der Waals surface area contributed by atoms with Crippen LogP contribution in [0.2, 0.25) is 0 Å². The third-order valence-corrected chi connectivity index (χ3v) is 7.93. The van der Waals surface area contributed by atoms with Crippen molar-refractivity contribution in [3.8, 4) is 0 Å². The van der Waals surface area contributed by atoms with Crippen molar-refractivity contribution >= 4 is 23.5 Å². The molecule has 208 valence electrons. The number of halogens is 2. The summed E-state index contributed by atoms with van der Waals surface area (Å²) in [5.74, 6) is -2.58. The van der Waals surface area contributed by atoms with Gasteiger partial charge >= 0.3 is 5.97 Å². The quantitative estimate of drug-likeness (QED) is 0.495. The number of carboxylic acid groups (broad SMARTS) is 1. The Hall–Kier alpha value is -3.62. The average Bonchev–Trinajstić information content (AvgIpc) is 3.14. The predicted molar refractivity (Wildman–Crippen MR) is 143 cm³/mol. The molecule has 0 aromatic heterocycles. The highest BCUT2D eigenvalue weighted by Gasteiger charge is 2.50. The number of carbonyl (C=O) groups is 3. The molecule has 0 bridgehead atoms. The van der Waals surface area contributed by atoms with Crippen LogP contribution in [-0.4, -0.2) is 52.3 Å². The van der Waals surface area contributed by atoms with Gasteiger partial charge in [0.25, 0.3) is 11.8 Å². The molecule has 1 aliphatic carbocycles. The van der Waals surface area contributed by atoms with Crippen LogP contribution < -0.4 is 5.32 Å². The highest BCUT2D eigenvalue weighted by molar-refractivity contribution is 6.46. The second-order valence-electron chi connectivity index (χ2n) is 11.5. The average molecular weight is 540 g/mol. The number of carbonyl (C=O) groups excluding carboxylic acids is 2. The summed E-state index contributed by atoms with van der Waals surface area (Å²) in [5.41, 5.74) is 0.487. The Kier molecular flexibility index (Phi) is 8.18. The van der Waals surface area contributed by atoms with Crippen LogP contribution in [-0.2, 0) is 16.0 Å². The molecule has 9 heteroatoms. The fourth-order valence-electron chi connectivity index (χ4n) is 5.57. The molecule has 4 rings (SSSR count). The number of amides is 2. The van der Waals surface area contributed by atoms with Gasteiger partial charge in [-0.05, 0) is 79.3 Å². The molecule has 0 unspecified atom stereocenters. The van der Waals surface area contributed by atoms with Crippen LogP contribution in [0.3, 0.4) is 0 Å². The van der Waals surface area contributed by atoms with Crippen LogP contribution in [0.5, 0.6) is 0 Å². The van der Waals surface area contributed by atoms with Gasteiger partial charge in [0.1, 0.15) is 23.0 Å². The molecule has 2 aromatic carbocycles. The maximum absolute atomic E-state index is 14.7. The number of aliphatic carboxylic acids is 1. The Morgan fingerprint density at radius 3 is 2.38 bits per heavy atom. The van der Waals surface area contributed by atoms with Crippen LogP contribution in [0.4, 0.5) is 8.78 Å². The molecule has 1 saturated carbocycles. The number of benzene rings is 2. The number of hydrogen-bond acceptors (Lipinski definition) is 4. The topological polar surface area (TPSA) is 99.1 Å². The third-order valence-electron chi connectivity index (χ3n) is 7.93. The van der Waals surface area contributed by atoms with Gasteiger partial charge in [0.15, 0.2) is 0 Å². The zero-order chi connectivity index (χ0) is 28.4. The molecule has 39 heavy (non-hydrogen) atoms. The van der Waals surface area contributed by atoms with E-state index in [9.17, 15) is 23.2 Å². The van der Waals surface area contributed by atoms with E-state index in [0.29, 0.717) is 37.3 Å². The molecule has 1 heterocycles. The summed E-state index contributed by atoms with van der Waals surface area (Å²) in [4.78, 5) is 43.1. The fraction of sp³-hybridized carbons (Fsp3) is 0.467. The maximum Gasteiger partial charge on any atom is 0.305 e. The lowest BCUT2D eigenvalue weighted by Gasteiger charge is -2.45. The van der Waals surface area contributed by atoms with Crippen LogP contribution >= 0.6 is 0 Å². The van der Waals surface area contributed by atoms with E-state index in [0.717, 1.165) is 36.6 Å². The molecule has 2 aliphatic rings. The van der Waals surface area contributed by atoms with Crippen molar-refractivity contribution in [1.82, 2.24) is 10.2 Å². The van der Waals surface area contributed by atoms with E-state index >= 15 is 0 Å². The van der Waals surface area contributed by atoms with E-state index < -0.39 is 29.2 Å². The number of hydrogen-bond donors (Lipinski definition) is 2. The van der Waals surface area contributed by atoms with Gasteiger partial charge in [0.2, 0.25) is 0 Å². The molecule has 0 saturated heterocycles. The summed E-state index contributed by atoms with van der Waals surface area (Å²) in [6, 6.07) is 9.98. The molecule has 2 aromatic rings. The lowest BCUT2D eigenvalue weighted by Crippen LogP contribution is -2.50. The number of aliphatic imine (C=N–C) groups is 1. The Morgan fingerprint density at radius 2 is 1.77 bits per heavy atom. The van der Waals surface area contributed by atoms with Crippen LogP contribution in [0.1, 0.15) is 74.4 Å². The maximum atomic E-state index is 14.7. The van der Waals surface area contributed by atoms with Crippen LogP contribution in [0.25, 0.3) is 0 Å². The highest BCUT2D eigenvalue weighted by atomic mass is 19.1. The lowest BCUT2D eigenvalue weighted by molar-refractivity contribution is -0.136. The number of nitrogens with one attached hydrogen (secondary N) is 1. The van der Waals surface area contributed by atoms with Crippen molar-refractivity contribution in [2.45, 2.75) is 65.0 Å². The Morgan fingerprint density at radius 1 is 1.10 bits per heavy atom. The van der Waals surface area contributed by atoms with Crippen molar-refractivity contribution < 1.29 is 28.3 Å². The van der Waals surface area contributed by atoms with Gasteiger partial charge in [-0.2, -0.15) is 0 Å². The fourth-order valence-corrected chi connectivity index (χ4v) is 5.57. The Labute approximate surface area is 227 Å². The second-order valence-corrected chi connectivity index (χ2v) is 11.5. The van der Waals surface area contributed by atoms with E-state index in [2.05, 4.69) is 26.1 Å². The minimum Gasteiger partial charge on any atom is -0.481 e. The molecular weight excluding hydrogens is 504 g/mol. The summed E-state index contributed by atoms with van der Waals surface area (Å²) in [5, 5.41) is 11.3. The molecule has 7 nitrogen and oxygen atoms in total. The first-order valence-corrected chi connectivity index (χ1v) is 13.4. The molecule has 1 aliphatic heterocycles. The molecule has 0 atom stereocenters. The van der Waals surface area contributed by atoms with Gasteiger partial charge < -0.3 is 15.3 Å². The zero-order valence-corrected chi connectivity index (χ0v) is 22.6. The molecular formula is C30H35F2N3O4. The summed E-state index contributed by atoms with van der Waals surface area (Å²) in [7, 11) is 0. The van der Waals surface area contributed by atoms with E-state index in [4.69, 9.17) is 10.1 Å². The zero-order valence-electron chi connectivity index (χ0n) is 22.6. The monoisotopic (exact) mass is 539 g/mol.